The maximum Gasteiger partial charge on any atom is 0.123 e. The van der Waals surface area contributed by atoms with Crippen molar-refractivity contribution in [3.8, 4) is 10.6 Å². The minimum absolute atomic E-state index is 0.685. The zero-order chi connectivity index (χ0) is 14.1. The number of nitrogens with zero attached hydrogens (tertiary/aromatic N) is 1. The quantitative estimate of drug-likeness (QED) is 0.780. The summed E-state index contributed by atoms with van der Waals surface area (Å²) in [6.45, 7) is 4.05. The molecular weight excluding hydrogens is 356 g/mol. The molecule has 2 aromatic rings. The number of nitrogens with one attached hydrogen (secondary N) is 1. The van der Waals surface area contributed by atoms with Gasteiger partial charge in [-0.1, -0.05) is 24.6 Å². The number of benzene rings is 1. The Hall–Kier alpha value is -0.420. The fourth-order valence-electron chi connectivity index (χ4n) is 2.16. The van der Waals surface area contributed by atoms with Crippen molar-refractivity contribution in [2.75, 3.05) is 6.54 Å². The zero-order valence-electron chi connectivity index (χ0n) is 11.2. The molecule has 0 amide bonds. The van der Waals surface area contributed by atoms with Gasteiger partial charge in [0.1, 0.15) is 5.01 Å². The number of rotatable bonds is 5. The molecule has 0 atom stereocenters. The molecule has 1 aliphatic rings. The second-order valence-corrected chi connectivity index (χ2v) is 7.36. The molecule has 1 aromatic heterocycles. The fourth-order valence-corrected chi connectivity index (χ4v) is 3.77. The second-order valence-electron chi connectivity index (χ2n) is 5.01. The fraction of sp³-hybridized carbons (Fsp3) is 0.400. The monoisotopic (exact) mass is 370 g/mol. The Morgan fingerprint density at radius 3 is 2.90 bits per heavy atom. The van der Waals surface area contributed by atoms with Gasteiger partial charge in [-0.25, -0.2) is 4.98 Å². The number of thiazole rings is 1. The number of hydrogen-bond donors (Lipinski definition) is 1. The van der Waals surface area contributed by atoms with Gasteiger partial charge in [-0.15, -0.1) is 11.3 Å². The molecule has 0 radical (unpaired) electrons. The van der Waals surface area contributed by atoms with Gasteiger partial charge < -0.3 is 5.32 Å². The van der Waals surface area contributed by atoms with E-state index in [9.17, 15) is 0 Å². The van der Waals surface area contributed by atoms with E-state index in [1.807, 2.05) is 12.1 Å². The molecule has 1 N–H and O–H groups in total. The van der Waals surface area contributed by atoms with Gasteiger partial charge in [0.15, 0.2) is 0 Å². The van der Waals surface area contributed by atoms with Crippen LogP contribution in [0.5, 0.6) is 0 Å². The zero-order valence-corrected chi connectivity index (χ0v) is 14.4. The van der Waals surface area contributed by atoms with Gasteiger partial charge in [-0.05, 0) is 47.4 Å². The Morgan fingerprint density at radius 1 is 1.45 bits per heavy atom. The van der Waals surface area contributed by atoms with Crippen LogP contribution in [0.15, 0.2) is 22.7 Å². The second kappa shape index (κ2) is 6.14. The molecule has 0 unspecified atom stereocenters. The molecular formula is C15H16BrClN2S. The van der Waals surface area contributed by atoms with Gasteiger partial charge in [0.2, 0.25) is 0 Å². The lowest BCUT2D eigenvalue weighted by Gasteiger charge is -2.00. The van der Waals surface area contributed by atoms with E-state index in [4.69, 9.17) is 16.6 Å². The van der Waals surface area contributed by atoms with Gasteiger partial charge in [0, 0.05) is 27.4 Å². The highest BCUT2D eigenvalue weighted by Crippen LogP contribution is 2.44. The van der Waals surface area contributed by atoms with Gasteiger partial charge in [-0.3, -0.25) is 0 Å². The van der Waals surface area contributed by atoms with E-state index >= 15 is 0 Å². The average Bonchev–Trinajstić information content (AvgIpc) is 3.20. The number of hydrogen-bond acceptors (Lipinski definition) is 3. The van der Waals surface area contributed by atoms with Crippen molar-refractivity contribution in [3.63, 3.8) is 0 Å². The van der Waals surface area contributed by atoms with Crippen molar-refractivity contribution in [2.24, 2.45) is 0 Å². The SMILES string of the molecule is CCNCc1sc(-c2ccc(Cl)c(Br)c2)nc1C1CC1. The van der Waals surface area contributed by atoms with Crippen molar-refractivity contribution < 1.29 is 0 Å². The normalized spacial score (nSPS) is 14.8. The summed E-state index contributed by atoms with van der Waals surface area (Å²) in [7, 11) is 0. The third kappa shape index (κ3) is 3.08. The van der Waals surface area contributed by atoms with E-state index in [-0.39, 0.29) is 0 Å². The Morgan fingerprint density at radius 2 is 2.25 bits per heavy atom. The molecule has 1 heterocycles. The van der Waals surface area contributed by atoms with Crippen LogP contribution in [0.2, 0.25) is 5.02 Å². The van der Waals surface area contributed by atoms with Crippen molar-refractivity contribution in [1.82, 2.24) is 10.3 Å². The third-order valence-corrected chi connectivity index (χ3v) is 5.73. The van der Waals surface area contributed by atoms with Crippen LogP contribution < -0.4 is 5.32 Å². The molecule has 0 aliphatic heterocycles. The molecule has 1 aromatic carbocycles. The van der Waals surface area contributed by atoms with E-state index < -0.39 is 0 Å². The minimum atomic E-state index is 0.685. The highest BCUT2D eigenvalue weighted by atomic mass is 79.9. The van der Waals surface area contributed by atoms with E-state index in [1.165, 1.54) is 23.4 Å². The minimum Gasteiger partial charge on any atom is -0.312 e. The number of halogens is 2. The lowest BCUT2D eigenvalue weighted by molar-refractivity contribution is 0.727. The maximum absolute atomic E-state index is 6.06. The first-order valence-electron chi connectivity index (χ1n) is 6.84. The van der Waals surface area contributed by atoms with Crippen molar-refractivity contribution in [1.29, 1.82) is 0 Å². The molecule has 1 aliphatic carbocycles. The molecule has 1 fully saturated rings. The Labute approximate surface area is 136 Å². The first-order chi connectivity index (χ1) is 9.69. The first kappa shape index (κ1) is 14.5. The summed E-state index contributed by atoms with van der Waals surface area (Å²) in [5.74, 6) is 0.685. The molecule has 0 spiro atoms. The van der Waals surface area contributed by atoms with E-state index in [0.717, 1.165) is 33.2 Å². The predicted octanol–water partition coefficient (Wildman–Crippen LogP) is 5.21. The van der Waals surface area contributed by atoms with Crippen LogP contribution >= 0.6 is 38.9 Å². The maximum atomic E-state index is 6.06. The first-order valence-corrected chi connectivity index (χ1v) is 8.83. The van der Waals surface area contributed by atoms with Crippen LogP contribution in [0.25, 0.3) is 10.6 Å². The summed E-state index contributed by atoms with van der Waals surface area (Å²) in [5.41, 5.74) is 2.44. The smallest absolute Gasteiger partial charge is 0.123 e. The largest absolute Gasteiger partial charge is 0.312 e. The Kier molecular flexibility index (Phi) is 4.46. The van der Waals surface area contributed by atoms with Crippen LogP contribution in [0.4, 0.5) is 0 Å². The molecule has 0 saturated heterocycles. The summed E-state index contributed by atoms with van der Waals surface area (Å²) in [4.78, 5) is 6.27. The van der Waals surface area contributed by atoms with E-state index in [0.29, 0.717) is 5.92 Å². The van der Waals surface area contributed by atoms with Crippen molar-refractivity contribution >= 4 is 38.9 Å². The average molecular weight is 372 g/mol. The van der Waals surface area contributed by atoms with Gasteiger partial charge >= 0.3 is 0 Å². The molecule has 20 heavy (non-hydrogen) atoms. The van der Waals surface area contributed by atoms with Crippen LogP contribution in [0.1, 0.15) is 36.3 Å². The van der Waals surface area contributed by atoms with Gasteiger partial charge in [0.05, 0.1) is 10.7 Å². The molecule has 3 rings (SSSR count). The Balaban J connectivity index is 1.94. The summed E-state index contributed by atoms with van der Waals surface area (Å²) in [5, 5.41) is 5.24. The molecule has 0 bridgehead atoms. The lowest BCUT2D eigenvalue weighted by Crippen LogP contribution is -2.11. The van der Waals surface area contributed by atoms with Gasteiger partial charge in [0.25, 0.3) is 0 Å². The summed E-state index contributed by atoms with van der Waals surface area (Å²) in [6, 6.07) is 6.01. The van der Waals surface area contributed by atoms with E-state index in [1.54, 1.807) is 11.3 Å². The van der Waals surface area contributed by atoms with Gasteiger partial charge in [-0.2, -0.15) is 0 Å². The highest BCUT2D eigenvalue weighted by molar-refractivity contribution is 9.10. The molecule has 5 heteroatoms. The van der Waals surface area contributed by atoms with Crippen LogP contribution in [0.3, 0.4) is 0 Å². The lowest BCUT2D eigenvalue weighted by atomic mass is 10.2. The third-order valence-electron chi connectivity index (χ3n) is 3.39. The van der Waals surface area contributed by atoms with Crippen LogP contribution in [0, 0.1) is 0 Å². The van der Waals surface area contributed by atoms with Crippen molar-refractivity contribution in [3.05, 3.63) is 38.3 Å². The number of aromatic nitrogens is 1. The van der Waals surface area contributed by atoms with E-state index in [2.05, 4.69) is 34.2 Å². The summed E-state index contributed by atoms with van der Waals surface area (Å²) < 4.78 is 0.924. The Bertz CT molecular complexity index is 622. The van der Waals surface area contributed by atoms with Crippen molar-refractivity contribution in [2.45, 2.75) is 32.2 Å². The standard InChI is InChI=1S/C15H16BrClN2S/c1-2-18-8-13-14(9-3-4-9)19-15(20-13)10-5-6-12(17)11(16)7-10/h5-7,9,18H,2-4,8H2,1H3. The molecule has 1 saturated carbocycles. The summed E-state index contributed by atoms with van der Waals surface area (Å²) >= 11 is 11.3. The summed E-state index contributed by atoms with van der Waals surface area (Å²) in [6.07, 6.45) is 2.57. The highest BCUT2D eigenvalue weighted by Gasteiger charge is 2.29. The molecule has 2 nitrogen and oxygen atoms in total. The van der Waals surface area contributed by atoms with Crippen LogP contribution in [-0.2, 0) is 6.54 Å². The van der Waals surface area contributed by atoms with Crippen LogP contribution in [-0.4, -0.2) is 11.5 Å². The molecule has 106 valence electrons. The topological polar surface area (TPSA) is 24.9 Å². The predicted molar refractivity (Wildman–Crippen MR) is 89.6 cm³/mol.